The van der Waals surface area contributed by atoms with Crippen LogP contribution in [0.5, 0.6) is 5.75 Å². The predicted octanol–water partition coefficient (Wildman–Crippen LogP) is 5.93. The van der Waals surface area contributed by atoms with Crippen LogP contribution in [0.2, 0.25) is 0 Å². The van der Waals surface area contributed by atoms with Gasteiger partial charge in [-0.3, -0.25) is 4.79 Å². The van der Waals surface area contributed by atoms with E-state index in [1.807, 2.05) is 25.1 Å². The summed E-state index contributed by atoms with van der Waals surface area (Å²) in [7, 11) is 0. The first-order chi connectivity index (χ1) is 16.3. The summed E-state index contributed by atoms with van der Waals surface area (Å²) in [4.78, 5) is 17.4. The molecule has 4 aliphatic rings. The molecule has 2 aromatic carbocycles. The quantitative estimate of drug-likeness (QED) is 0.320. The third-order valence-electron chi connectivity index (χ3n) is 7.98. The van der Waals surface area contributed by atoms with Crippen LogP contribution < -0.4 is 10.6 Å². The van der Waals surface area contributed by atoms with Gasteiger partial charge in [0.05, 0.1) is 5.56 Å². The Morgan fingerprint density at radius 3 is 2.53 bits per heavy atom. The molecule has 0 saturated heterocycles. The van der Waals surface area contributed by atoms with Crippen LogP contribution in [0.4, 0.5) is 5.69 Å². The zero-order chi connectivity index (χ0) is 23.4. The predicted molar refractivity (Wildman–Crippen MR) is 135 cm³/mol. The Kier molecular flexibility index (Phi) is 5.13. The van der Waals surface area contributed by atoms with E-state index in [-0.39, 0.29) is 22.2 Å². The molecule has 4 saturated carbocycles. The third-order valence-corrected chi connectivity index (χ3v) is 8.19. The van der Waals surface area contributed by atoms with E-state index >= 15 is 0 Å². The number of nitrogens with one attached hydrogen (secondary N) is 2. The molecule has 7 heteroatoms. The van der Waals surface area contributed by atoms with E-state index in [4.69, 9.17) is 16.6 Å². The lowest BCUT2D eigenvalue weighted by Crippen LogP contribution is -2.48. The summed E-state index contributed by atoms with van der Waals surface area (Å²) in [5, 5.41) is 16.6. The van der Waals surface area contributed by atoms with Crippen molar-refractivity contribution in [2.75, 3.05) is 5.32 Å². The van der Waals surface area contributed by atoms with Gasteiger partial charge in [-0.2, -0.15) is 0 Å². The lowest BCUT2D eigenvalue weighted by Gasteiger charge is -2.56. The Bertz CT molecular complexity index is 1260. The van der Waals surface area contributed by atoms with Crippen molar-refractivity contribution in [1.29, 1.82) is 0 Å². The van der Waals surface area contributed by atoms with Gasteiger partial charge in [-0.25, -0.2) is 4.98 Å². The first kappa shape index (κ1) is 21.6. The molecule has 3 N–H and O–H groups in total. The van der Waals surface area contributed by atoms with Crippen LogP contribution in [0.15, 0.2) is 40.8 Å². The van der Waals surface area contributed by atoms with Gasteiger partial charge >= 0.3 is 0 Å². The number of rotatable bonds is 4. The van der Waals surface area contributed by atoms with Crippen LogP contribution in [0.3, 0.4) is 0 Å². The number of anilines is 1. The van der Waals surface area contributed by atoms with E-state index in [2.05, 4.69) is 15.6 Å². The number of aryl methyl sites for hydroxylation is 1. The third kappa shape index (κ3) is 4.06. The van der Waals surface area contributed by atoms with Crippen LogP contribution in [-0.4, -0.2) is 21.1 Å². The standard InChI is InChI=1S/C27H29N3O3S/c1-15-2-4-21-23(6-15)33-25(29-21)20-10-19(3-5-22(20)31)28-26(34)30-24(32)14-27-11-16-7-17(12-27)9-18(8-16)13-27/h2-6,10,16-18,31H,7-9,11-14H2,1H3,(H2,28,30,32,34). The molecule has 1 heterocycles. The maximum absolute atomic E-state index is 12.9. The Hall–Kier alpha value is -2.93. The number of hydrogen-bond donors (Lipinski definition) is 3. The topological polar surface area (TPSA) is 87.4 Å². The number of phenols is 1. The number of oxazole rings is 1. The number of fused-ring (bicyclic) bond motifs is 1. The minimum absolute atomic E-state index is 0.00669. The Balaban J connectivity index is 1.13. The van der Waals surface area contributed by atoms with Crippen molar-refractivity contribution < 1.29 is 14.3 Å². The molecule has 4 bridgehead atoms. The van der Waals surface area contributed by atoms with Crippen LogP contribution >= 0.6 is 12.2 Å². The van der Waals surface area contributed by atoms with Gasteiger partial charge in [0.1, 0.15) is 11.3 Å². The van der Waals surface area contributed by atoms with Gasteiger partial charge in [0.25, 0.3) is 0 Å². The normalized spacial score (nSPS) is 27.1. The molecule has 176 valence electrons. The van der Waals surface area contributed by atoms with Crippen molar-refractivity contribution in [1.82, 2.24) is 10.3 Å². The summed E-state index contributed by atoms with van der Waals surface area (Å²) in [6.07, 6.45) is 8.23. The maximum atomic E-state index is 12.9. The van der Waals surface area contributed by atoms with E-state index in [0.717, 1.165) is 28.8 Å². The molecule has 34 heavy (non-hydrogen) atoms. The van der Waals surface area contributed by atoms with E-state index in [9.17, 15) is 9.90 Å². The van der Waals surface area contributed by atoms with Crippen molar-refractivity contribution in [3.05, 3.63) is 42.0 Å². The molecule has 4 fully saturated rings. The molecule has 1 amide bonds. The fourth-order valence-corrected chi connectivity index (χ4v) is 7.34. The molecule has 0 atom stereocenters. The number of aromatic hydroxyl groups is 1. The summed E-state index contributed by atoms with van der Waals surface area (Å²) >= 11 is 5.44. The summed E-state index contributed by atoms with van der Waals surface area (Å²) in [6.45, 7) is 1.99. The number of carbonyl (C=O) groups excluding carboxylic acids is 1. The highest BCUT2D eigenvalue weighted by Crippen LogP contribution is 2.61. The smallest absolute Gasteiger partial charge is 0.231 e. The largest absolute Gasteiger partial charge is 0.507 e. The van der Waals surface area contributed by atoms with Gasteiger partial charge in [-0.15, -0.1) is 0 Å². The zero-order valence-corrected chi connectivity index (χ0v) is 20.1. The van der Waals surface area contributed by atoms with Crippen molar-refractivity contribution in [2.45, 2.75) is 51.9 Å². The van der Waals surface area contributed by atoms with Crippen molar-refractivity contribution >= 4 is 40.0 Å². The SMILES string of the molecule is Cc1ccc2nc(-c3cc(NC(=S)NC(=O)CC45CC6CC(CC(C6)C4)C5)ccc3O)oc2c1. The molecule has 0 unspecified atom stereocenters. The van der Waals surface area contributed by atoms with E-state index in [1.54, 1.807) is 18.2 Å². The molecule has 1 aromatic heterocycles. The van der Waals surface area contributed by atoms with Gasteiger partial charge < -0.3 is 20.2 Å². The Morgan fingerprint density at radius 1 is 1.12 bits per heavy atom. The first-order valence-electron chi connectivity index (χ1n) is 12.2. The van der Waals surface area contributed by atoms with Gasteiger partial charge in [-0.1, -0.05) is 6.07 Å². The number of hydrogen-bond acceptors (Lipinski definition) is 5. The number of benzene rings is 2. The Morgan fingerprint density at radius 2 is 1.82 bits per heavy atom. The average molecular weight is 476 g/mol. The van der Waals surface area contributed by atoms with Crippen LogP contribution in [0.25, 0.3) is 22.6 Å². The Labute approximate surface area is 204 Å². The second kappa shape index (κ2) is 8.08. The minimum Gasteiger partial charge on any atom is -0.507 e. The van der Waals surface area contributed by atoms with Gasteiger partial charge in [0.2, 0.25) is 11.8 Å². The fraction of sp³-hybridized carbons (Fsp3) is 0.444. The molecule has 0 radical (unpaired) electrons. The lowest BCUT2D eigenvalue weighted by molar-refractivity contribution is -0.127. The zero-order valence-electron chi connectivity index (χ0n) is 19.3. The summed E-state index contributed by atoms with van der Waals surface area (Å²) in [6, 6.07) is 10.8. The highest BCUT2D eigenvalue weighted by Gasteiger charge is 2.51. The molecule has 3 aromatic rings. The van der Waals surface area contributed by atoms with Crippen molar-refractivity contribution in [2.24, 2.45) is 23.2 Å². The van der Waals surface area contributed by atoms with Gasteiger partial charge in [0, 0.05) is 12.1 Å². The van der Waals surface area contributed by atoms with E-state index in [0.29, 0.717) is 29.1 Å². The number of amides is 1. The monoisotopic (exact) mass is 475 g/mol. The first-order valence-corrected chi connectivity index (χ1v) is 12.6. The fourth-order valence-electron chi connectivity index (χ4n) is 7.11. The molecular formula is C27H29N3O3S. The lowest BCUT2D eigenvalue weighted by atomic mass is 9.49. The molecule has 7 rings (SSSR count). The molecular weight excluding hydrogens is 446 g/mol. The summed E-state index contributed by atoms with van der Waals surface area (Å²) in [5.41, 5.74) is 3.74. The number of phenolic OH excluding ortho intramolecular Hbond substituents is 1. The van der Waals surface area contributed by atoms with E-state index in [1.165, 1.54) is 38.5 Å². The minimum atomic E-state index is -0.00669. The van der Waals surface area contributed by atoms with Crippen molar-refractivity contribution in [3.63, 3.8) is 0 Å². The second-order valence-corrected chi connectivity index (χ2v) is 11.2. The highest BCUT2D eigenvalue weighted by atomic mass is 32.1. The van der Waals surface area contributed by atoms with Gasteiger partial charge in [-0.05, 0) is 117 Å². The number of aromatic nitrogens is 1. The summed E-state index contributed by atoms with van der Waals surface area (Å²) < 4.78 is 5.87. The molecule has 0 spiro atoms. The molecule has 6 nitrogen and oxygen atoms in total. The average Bonchev–Trinajstić information content (AvgIpc) is 3.16. The second-order valence-electron chi connectivity index (χ2n) is 10.8. The molecule has 4 aliphatic carbocycles. The van der Waals surface area contributed by atoms with Gasteiger partial charge in [0.15, 0.2) is 10.7 Å². The maximum Gasteiger partial charge on any atom is 0.231 e. The van der Waals surface area contributed by atoms with Crippen LogP contribution in [0, 0.1) is 30.1 Å². The van der Waals surface area contributed by atoms with E-state index < -0.39 is 0 Å². The number of nitrogens with zero attached hydrogens (tertiary/aromatic N) is 1. The number of carbonyl (C=O) groups is 1. The summed E-state index contributed by atoms with van der Waals surface area (Å²) in [5.74, 6) is 2.83. The van der Waals surface area contributed by atoms with Crippen LogP contribution in [-0.2, 0) is 4.79 Å². The highest BCUT2D eigenvalue weighted by molar-refractivity contribution is 7.80. The van der Waals surface area contributed by atoms with Crippen molar-refractivity contribution in [3.8, 4) is 17.2 Å². The molecule has 0 aliphatic heterocycles. The number of thiocarbonyl (C=S) groups is 1. The van der Waals surface area contributed by atoms with Crippen LogP contribution in [0.1, 0.15) is 50.5 Å².